The van der Waals surface area contributed by atoms with E-state index in [4.69, 9.17) is 10.2 Å². The first-order chi connectivity index (χ1) is 9.38. The SMILES string of the molecule is O=C(O)CC(NC(=O)NCCc1ccc(Br)s1)C(=O)O. The van der Waals surface area contributed by atoms with Crippen molar-refractivity contribution >= 4 is 45.2 Å². The van der Waals surface area contributed by atoms with E-state index >= 15 is 0 Å². The molecule has 0 aliphatic carbocycles. The number of carboxylic acid groups (broad SMARTS) is 2. The van der Waals surface area contributed by atoms with E-state index in [9.17, 15) is 14.4 Å². The van der Waals surface area contributed by atoms with Gasteiger partial charge in [-0.15, -0.1) is 11.3 Å². The van der Waals surface area contributed by atoms with Gasteiger partial charge in [0, 0.05) is 11.4 Å². The van der Waals surface area contributed by atoms with E-state index in [0.29, 0.717) is 13.0 Å². The number of halogens is 1. The van der Waals surface area contributed by atoms with Crippen LogP contribution in [0.5, 0.6) is 0 Å². The quantitative estimate of drug-likeness (QED) is 0.581. The monoisotopic (exact) mass is 364 g/mol. The molecule has 7 nitrogen and oxygen atoms in total. The zero-order valence-electron chi connectivity index (χ0n) is 10.3. The molecule has 0 aromatic carbocycles. The van der Waals surface area contributed by atoms with E-state index in [1.807, 2.05) is 12.1 Å². The lowest BCUT2D eigenvalue weighted by molar-refractivity contribution is -0.145. The lowest BCUT2D eigenvalue weighted by Crippen LogP contribution is -2.47. The Kier molecular flexibility index (Phi) is 6.46. The average Bonchev–Trinajstić information content (AvgIpc) is 2.73. The summed E-state index contributed by atoms with van der Waals surface area (Å²) >= 11 is 4.86. The van der Waals surface area contributed by atoms with Crippen LogP contribution in [0.25, 0.3) is 0 Å². The van der Waals surface area contributed by atoms with Gasteiger partial charge in [-0.3, -0.25) is 4.79 Å². The van der Waals surface area contributed by atoms with E-state index in [1.54, 1.807) is 0 Å². The molecule has 20 heavy (non-hydrogen) atoms. The molecule has 9 heteroatoms. The minimum Gasteiger partial charge on any atom is -0.481 e. The van der Waals surface area contributed by atoms with Crippen molar-refractivity contribution in [1.29, 1.82) is 0 Å². The molecule has 0 fully saturated rings. The molecule has 0 saturated carbocycles. The Morgan fingerprint density at radius 2 is 2.00 bits per heavy atom. The Morgan fingerprint density at radius 1 is 1.30 bits per heavy atom. The highest BCUT2D eigenvalue weighted by Gasteiger charge is 2.22. The van der Waals surface area contributed by atoms with Gasteiger partial charge in [-0.2, -0.15) is 0 Å². The van der Waals surface area contributed by atoms with Crippen LogP contribution < -0.4 is 10.6 Å². The third-order valence-corrected chi connectivity index (χ3v) is 3.95. The van der Waals surface area contributed by atoms with Gasteiger partial charge in [0.15, 0.2) is 0 Å². The molecule has 0 bridgehead atoms. The Hall–Kier alpha value is -1.61. The van der Waals surface area contributed by atoms with E-state index < -0.39 is 30.4 Å². The first-order valence-electron chi connectivity index (χ1n) is 5.61. The second-order valence-corrected chi connectivity index (χ2v) is 6.39. The molecular weight excluding hydrogens is 352 g/mol. The number of urea groups is 1. The Balaban J connectivity index is 2.34. The zero-order valence-corrected chi connectivity index (χ0v) is 12.7. The Morgan fingerprint density at radius 3 is 2.50 bits per heavy atom. The highest BCUT2D eigenvalue weighted by Crippen LogP contribution is 2.21. The van der Waals surface area contributed by atoms with Crippen LogP contribution in [0.4, 0.5) is 4.79 Å². The van der Waals surface area contributed by atoms with Crippen molar-refractivity contribution in [2.24, 2.45) is 0 Å². The highest BCUT2D eigenvalue weighted by atomic mass is 79.9. The largest absolute Gasteiger partial charge is 0.481 e. The number of carbonyl (C=O) groups is 3. The molecule has 0 radical (unpaired) electrons. The van der Waals surface area contributed by atoms with Gasteiger partial charge in [0.05, 0.1) is 10.2 Å². The smallest absolute Gasteiger partial charge is 0.326 e. The summed E-state index contributed by atoms with van der Waals surface area (Å²) in [5, 5.41) is 21.9. The summed E-state index contributed by atoms with van der Waals surface area (Å²) in [6.07, 6.45) is -0.0546. The molecule has 0 aliphatic rings. The number of hydrogen-bond donors (Lipinski definition) is 4. The van der Waals surface area contributed by atoms with Crippen molar-refractivity contribution in [3.05, 3.63) is 20.8 Å². The molecule has 4 N–H and O–H groups in total. The number of carboxylic acids is 2. The maximum absolute atomic E-state index is 11.5. The van der Waals surface area contributed by atoms with Gasteiger partial charge in [0.25, 0.3) is 0 Å². The van der Waals surface area contributed by atoms with Gasteiger partial charge in [-0.05, 0) is 34.5 Å². The first kappa shape index (κ1) is 16.4. The third kappa shape index (κ3) is 6.02. The summed E-state index contributed by atoms with van der Waals surface area (Å²) in [4.78, 5) is 33.7. The van der Waals surface area contributed by atoms with E-state index in [-0.39, 0.29) is 0 Å². The minimum absolute atomic E-state index is 0.332. The fraction of sp³-hybridized carbons (Fsp3) is 0.364. The lowest BCUT2D eigenvalue weighted by Gasteiger charge is -2.13. The molecule has 2 amide bonds. The Bertz CT molecular complexity index is 505. The lowest BCUT2D eigenvalue weighted by atomic mass is 10.2. The highest BCUT2D eigenvalue weighted by molar-refractivity contribution is 9.11. The van der Waals surface area contributed by atoms with Gasteiger partial charge in [-0.25, -0.2) is 9.59 Å². The molecule has 0 saturated heterocycles. The van der Waals surface area contributed by atoms with Crippen molar-refractivity contribution in [3.63, 3.8) is 0 Å². The van der Waals surface area contributed by atoms with Crippen molar-refractivity contribution in [1.82, 2.24) is 10.6 Å². The third-order valence-electron chi connectivity index (χ3n) is 2.27. The number of amides is 2. The number of thiophene rings is 1. The topological polar surface area (TPSA) is 116 Å². The molecular formula is C11H13BrN2O5S. The van der Waals surface area contributed by atoms with Gasteiger partial charge in [0.1, 0.15) is 6.04 Å². The summed E-state index contributed by atoms with van der Waals surface area (Å²) in [6, 6.07) is 1.67. The van der Waals surface area contributed by atoms with E-state index in [0.717, 1.165) is 8.66 Å². The molecule has 1 unspecified atom stereocenters. The molecule has 0 spiro atoms. The number of rotatable bonds is 7. The molecule has 1 aromatic heterocycles. The average molecular weight is 365 g/mol. The zero-order chi connectivity index (χ0) is 15.1. The predicted octanol–water partition coefficient (Wildman–Crippen LogP) is 1.28. The fourth-order valence-electron chi connectivity index (χ4n) is 1.37. The molecule has 0 aliphatic heterocycles. The maximum atomic E-state index is 11.5. The van der Waals surface area contributed by atoms with Crippen LogP contribution in [0.3, 0.4) is 0 Å². The summed E-state index contributed by atoms with van der Waals surface area (Å²) in [5.41, 5.74) is 0. The molecule has 1 heterocycles. The first-order valence-corrected chi connectivity index (χ1v) is 7.22. The summed E-state index contributed by atoms with van der Waals surface area (Å²) in [7, 11) is 0. The van der Waals surface area contributed by atoms with Crippen molar-refractivity contribution in [3.8, 4) is 0 Å². The molecule has 1 atom stereocenters. The van der Waals surface area contributed by atoms with E-state index in [1.165, 1.54) is 11.3 Å². The predicted molar refractivity (Wildman–Crippen MR) is 75.9 cm³/mol. The standard InChI is InChI=1S/C11H13BrN2O5S/c12-8-2-1-6(20-8)3-4-13-11(19)14-7(10(17)18)5-9(15)16/h1-2,7H,3-5H2,(H,15,16)(H,17,18)(H2,13,14,19). The minimum atomic E-state index is -1.44. The summed E-state index contributed by atoms with van der Waals surface area (Å²) in [6.45, 7) is 0.332. The number of nitrogens with one attached hydrogen (secondary N) is 2. The molecule has 1 rings (SSSR count). The molecule has 110 valence electrons. The number of hydrogen-bond acceptors (Lipinski definition) is 4. The fourth-order valence-corrected chi connectivity index (χ4v) is 2.85. The second kappa shape index (κ2) is 7.85. The van der Waals surface area contributed by atoms with Crippen molar-refractivity contribution in [2.75, 3.05) is 6.54 Å². The van der Waals surface area contributed by atoms with Crippen LogP contribution in [0.1, 0.15) is 11.3 Å². The van der Waals surface area contributed by atoms with Crippen LogP contribution in [-0.4, -0.2) is 40.8 Å². The second-order valence-electron chi connectivity index (χ2n) is 3.84. The van der Waals surface area contributed by atoms with Gasteiger partial charge in [-0.1, -0.05) is 0 Å². The number of aliphatic carboxylic acids is 2. The normalized spacial score (nSPS) is 11.7. The summed E-state index contributed by atoms with van der Waals surface area (Å²) < 4.78 is 0.990. The maximum Gasteiger partial charge on any atom is 0.326 e. The van der Waals surface area contributed by atoms with Crippen LogP contribution in [0.2, 0.25) is 0 Å². The van der Waals surface area contributed by atoms with Crippen LogP contribution in [-0.2, 0) is 16.0 Å². The molecule has 1 aromatic rings. The van der Waals surface area contributed by atoms with Crippen molar-refractivity contribution in [2.45, 2.75) is 18.9 Å². The van der Waals surface area contributed by atoms with Crippen LogP contribution in [0, 0.1) is 0 Å². The number of carbonyl (C=O) groups excluding carboxylic acids is 1. The van der Waals surface area contributed by atoms with Crippen LogP contribution in [0.15, 0.2) is 15.9 Å². The van der Waals surface area contributed by atoms with Crippen molar-refractivity contribution < 1.29 is 24.6 Å². The Labute approximate surface area is 127 Å². The van der Waals surface area contributed by atoms with E-state index in [2.05, 4.69) is 26.6 Å². The summed E-state index contributed by atoms with van der Waals surface area (Å²) in [5.74, 6) is -2.68. The van der Waals surface area contributed by atoms with Crippen LogP contribution >= 0.6 is 27.3 Å². The van der Waals surface area contributed by atoms with Gasteiger partial charge in [0.2, 0.25) is 0 Å². The van der Waals surface area contributed by atoms with Gasteiger partial charge < -0.3 is 20.8 Å². The van der Waals surface area contributed by atoms with Gasteiger partial charge >= 0.3 is 18.0 Å².